The second kappa shape index (κ2) is 7.23. The summed E-state index contributed by atoms with van der Waals surface area (Å²) < 4.78 is 0. The molecule has 0 N–H and O–H groups in total. The minimum atomic E-state index is -0.0973. The first-order valence-corrected chi connectivity index (χ1v) is 7.89. The zero-order chi connectivity index (χ0) is 16.9. The number of nitrogens with zero attached hydrogens (tertiary/aromatic N) is 3. The Kier molecular flexibility index (Phi) is 4.87. The van der Waals surface area contributed by atoms with Crippen molar-refractivity contribution in [2.75, 3.05) is 7.05 Å². The van der Waals surface area contributed by atoms with Crippen LogP contribution in [0.3, 0.4) is 0 Å². The van der Waals surface area contributed by atoms with Crippen molar-refractivity contribution in [3.8, 4) is 0 Å². The van der Waals surface area contributed by atoms with E-state index in [9.17, 15) is 4.79 Å². The number of likely N-dealkylation sites (N-methyl/N-ethyl adjacent to an activating group) is 1. The second-order valence-corrected chi connectivity index (χ2v) is 5.87. The molecule has 0 bridgehead atoms. The molecule has 1 heterocycles. The number of aromatic nitrogens is 2. The van der Waals surface area contributed by atoms with Gasteiger partial charge in [-0.2, -0.15) is 0 Å². The van der Waals surface area contributed by atoms with Crippen LogP contribution >= 0.6 is 11.6 Å². The quantitative estimate of drug-likeness (QED) is 0.677. The third-order valence-electron chi connectivity index (χ3n) is 3.57. The van der Waals surface area contributed by atoms with Crippen molar-refractivity contribution >= 4 is 34.6 Å². The molecule has 5 heteroatoms. The van der Waals surface area contributed by atoms with Gasteiger partial charge in [0.2, 0.25) is 5.91 Å². The Labute approximate surface area is 145 Å². The number of para-hydroxylation sites is 2. The maximum atomic E-state index is 12.2. The molecule has 1 aromatic heterocycles. The number of rotatable bonds is 4. The third-order valence-corrected chi connectivity index (χ3v) is 3.83. The molecule has 0 aliphatic carbocycles. The minimum absolute atomic E-state index is 0.0973. The number of amides is 1. The predicted octanol–water partition coefficient (Wildman–Crippen LogP) is 3.96. The summed E-state index contributed by atoms with van der Waals surface area (Å²) in [6.45, 7) is 0.518. The summed E-state index contributed by atoms with van der Waals surface area (Å²) in [7, 11) is 1.76. The van der Waals surface area contributed by atoms with Crippen molar-refractivity contribution in [1.82, 2.24) is 14.9 Å². The predicted molar refractivity (Wildman–Crippen MR) is 96.5 cm³/mol. The van der Waals surface area contributed by atoms with Gasteiger partial charge in [-0.3, -0.25) is 9.78 Å². The number of carbonyl (C=O) groups excluding carboxylic acids is 1. The van der Waals surface area contributed by atoms with Gasteiger partial charge in [0.15, 0.2) is 0 Å². The summed E-state index contributed by atoms with van der Waals surface area (Å²) >= 11 is 5.87. The van der Waals surface area contributed by atoms with Gasteiger partial charge < -0.3 is 4.90 Å². The summed E-state index contributed by atoms with van der Waals surface area (Å²) in [6, 6.07) is 15.1. The fraction of sp³-hybridized carbons (Fsp3) is 0.105. The average molecular weight is 338 g/mol. The Bertz CT molecular complexity index is 891. The number of carbonyl (C=O) groups is 1. The van der Waals surface area contributed by atoms with E-state index in [1.807, 2.05) is 48.5 Å². The third kappa shape index (κ3) is 3.97. The Morgan fingerprint density at radius 2 is 1.83 bits per heavy atom. The number of fused-ring (bicyclic) bond motifs is 1. The van der Waals surface area contributed by atoms with Crippen molar-refractivity contribution in [3.05, 3.63) is 77.1 Å². The first kappa shape index (κ1) is 16.1. The van der Waals surface area contributed by atoms with E-state index in [4.69, 9.17) is 11.6 Å². The van der Waals surface area contributed by atoms with E-state index >= 15 is 0 Å². The Hall–Kier alpha value is -2.72. The van der Waals surface area contributed by atoms with Crippen LogP contribution < -0.4 is 0 Å². The summed E-state index contributed by atoms with van der Waals surface area (Å²) in [5.74, 6) is -0.0973. The van der Waals surface area contributed by atoms with Gasteiger partial charge in [-0.1, -0.05) is 35.9 Å². The molecule has 24 heavy (non-hydrogen) atoms. The molecule has 0 saturated heterocycles. The highest BCUT2D eigenvalue weighted by molar-refractivity contribution is 6.30. The van der Waals surface area contributed by atoms with E-state index in [1.54, 1.807) is 24.2 Å². The molecule has 4 nitrogen and oxygen atoms in total. The maximum absolute atomic E-state index is 12.2. The molecule has 0 fully saturated rings. The SMILES string of the molecule is CN(Cc1ccc(Cl)cc1)C(=O)/C=C/c1cnc2ccccc2n1. The van der Waals surface area contributed by atoms with Crippen molar-refractivity contribution in [3.63, 3.8) is 0 Å². The fourth-order valence-corrected chi connectivity index (χ4v) is 2.40. The molecule has 3 aromatic rings. The molecule has 0 aliphatic rings. The normalized spacial score (nSPS) is 11.1. The van der Waals surface area contributed by atoms with Gasteiger partial charge in [-0.15, -0.1) is 0 Å². The van der Waals surface area contributed by atoms with Gasteiger partial charge >= 0.3 is 0 Å². The summed E-state index contributed by atoms with van der Waals surface area (Å²) in [6.07, 6.45) is 4.85. The van der Waals surface area contributed by atoms with Gasteiger partial charge in [0.25, 0.3) is 0 Å². The van der Waals surface area contributed by atoms with E-state index in [-0.39, 0.29) is 5.91 Å². The summed E-state index contributed by atoms with van der Waals surface area (Å²) in [4.78, 5) is 22.6. The van der Waals surface area contributed by atoms with E-state index in [1.165, 1.54) is 6.08 Å². The maximum Gasteiger partial charge on any atom is 0.246 e. The van der Waals surface area contributed by atoms with Crippen LogP contribution in [0.4, 0.5) is 0 Å². The van der Waals surface area contributed by atoms with Gasteiger partial charge in [-0.25, -0.2) is 4.98 Å². The van der Waals surface area contributed by atoms with Crippen molar-refractivity contribution in [1.29, 1.82) is 0 Å². The van der Waals surface area contributed by atoms with Crippen molar-refractivity contribution < 1.29 is 4.79 Å². The van der Waals surface area contributed by atoms with Crippen LogP contribution in [0.25, 0.3) is 17.1 Å². The van der Waals surface area contributed by atoms with Crippen molar-refractivity contribution in [2.24, 2.45) is 0 Å². The molecule has 0 radical (unpaired) electrons. The van der Waals surface area contributed by atoms with Gasteiger partial charge in [0.1, 0.15) is 0 Å². The Balaban J connectivity index is 1.67. The molecular weight excluding hydrogens is 322 g/mol. The highest BCUT2D eigenvalue weighted by atomic mass is 35.5. The first-order valence-electron chi connectivity index (χ1n) is 7.51. The van der Waals surface area contributed by atoms with Crippen LogP contribution in [0.2, 0.25) is 5.02 Å². The number of benzene rings is 2. The Morgan fingerprint density at radius 3 is 2.58 bits per heavy atom. The number of halogens is 1. The highest BCUT2D eigenvalue weighted by Gasteiger charge is 2.06. The number of hydrogen-bond donors (Lipinski definition) is 0. The zero-order valence-corrected chi connectivity index (χ0v) is 13.9. The molecule has 1 amide bonds. The van der Waals surface area contributed by atoms with E-state index < -0.39 is 0 Å². The number of hydrogen-bond acceptors (Lipinski definition) is 3. The molecule has 0 aliphatic heterocycles. The molecule has 0 atom stereocenters. The Morgan fingerprint density at radius 1 is 1.12 bits per heavy atom. The van der Waals surface area contributed by atoms with E-state index in [2.05, 4.69) is 9.97 Å². The first-order chi connectivity index (χ1) is 11.6. The molecule has 0 saturated carbocycles. The molecule has 0 unspecified atom stereocenters. The fourth-order valence-electron chi connectivity index (χ4n) is 2.28. The van der Waals surface area contributed by atoms with Gasteiger partial charge in [0.05, 0.1) is 22.9 Å². The molecule has 120 valence electrons. The smallest absolute Gasteiger partial charge is 0.246 e. The lowest BCUT2D eigenvalue weighted by Crippen LogP contribution is -2.24. The van der Waals surface area contributed by atoms with Crippen LogP contribution in [-0.4, -0.2) is 27.8 Å². The second-order valence-electron chi connectivity index (χ2n) is 5.44. The standard InChI is InChI=1S/C19H16ClN3O/c1-23(13-14-6-8-15(20)9-7-14)19(24)11-10-16-12-21-17-4-2-3-5-18(17)22-16/h2-12H,13H2,1H3/b11-10+. The van der Waals surface area contributed by atoms with Crippen LogP contribution in [0, 0.1) is 0 Å². The van der Waals surface area contributed by atoms with Crippen molar-refractivity contribution in [2.45, 2.75) is 6.54 Å². The van der Waals surface area contributed by atoms with Crippen LogP contribution in [0.1, 0.15) is 11.3 Å². The molecule has 2 aromatic carbocycles. The topological polar surface area (TPSA) is 46.1 Å². The lowest BCUT2D eigenvalue weighted by molar-refractivity contribution is -0.125. The molecule has 3 rings (SSSR count). The monoisotopic (exact) mass is 337 g/mol. The highest BCUT2D eigenvalue weighted by Crippen LogP contribution is 2.12. The van der Waals surface area contributed by atoms with Crippen LogP contribution in [0.15, 0.2) is 60.8 Å². The lowest BCUT2D eigenvalue weighted by Gasteiger charge is -2.15. The van der Waals surface area contributed by atoms with Crippen LogP contribution in [-0.2, 0) is 11.3 Å². The summed E-state index contributed by atoms with van der Waals surface area (Å²) in [5.41, 5.74) is 3.32. The van der Waals surface area contributed by atoms with E-state index in [0.29, 0.717) is 17.3 Å². The van der Waals surface area contributed by atoms with Gasteiger partial charge in [0, 0.05) is 24.7 Å². The largest absolute Gasteiger partial charge is 0.338 e. The molecule has 0 spiro atoms. The average Bonchev–Trinajstić information content (AvgIpc) is 2.61. The molecular formula is C19H16ClN3O. The van der Waals surface area contributed by atoms with Gasteiger partial charge in [-0.05, 0) is 35.9 Å². The van der Waals surface area contributed by atoms with E-state index in [0.717, 1.165) is 16.6 Å². The van der Waals surface area contributed by atoms with Crippen LogP contribution in [0.5, 0.6) is 0 Å². The lowest BCUT2D eigenvalue weighted by atomic mass is 10.2. The minimum Gasteiger partial charge on any atom is -0.338 e. The zero-order valence-electron chi connectivity index (χ0n) is 13.2. The summed E-state index contributed by atoms with van der Waals surface area (Å²) in [5, 5.41) is 0.683.